The number of carbonyl (C=O) groups excluding carboxylic acids is 1. The molecule has 1 atom stereocenters. The molecule has 2 rings (SSSR count). The van der Waals surface area contributed by atoms with Gasteiger partial charge < -0.3 is 10.1 Å². The van der Waals surface area contributed by atoms with Crippen molar-refractivity contribution in [2.75, 3.05) is 5.32 Å². The van der Waals surface area contributed by atoms with E-state index in [0.29, 0.717) is 5.75 Å². The summed E-state index contributed by atoms with van der Waals surface area (Å²) in [6, 6.07) is 13.6. The summed E-state index contributed by atoms with van der Waals surface area (Å²) < 4.78 is 6.70. The second-order valence-corrected chi connectivity index (χ2v) is 6.28. The highest BCUT2D eigenvalue weighted by Crippen LogP contribution is 2.23. The molecule has 0 aliphatic heterocycles. The Morgan fingerprint density at radius 2 is 1.65 bits per heavy atom. The third-order valence-corrected chi connectivity index (χ3v) is 4.27. The number of nitrogens with one attached hydrogen (secondary N) is 1. The first-order chi connectivity index (χ1) is 11.0. The van der Waals surface area contributed by atoms with Crippen molar-refractivity contribution in [3.8, 4) is 5.75 Å². The molecule has 0 spiro atoms. The molecule has 0 aromatic heterocycles. The van der Waals surface area contributed by atoms with E-state index in [9.17, 15) is 4.79 Å². The summed E-state index contributed by atoms with van der Waals surface area (Å²) in [5.41, 5.74) is 3.22. The number of hydrogen-bond acceptors (Lipinski definition) is 2. The fourth-order valence-corrected chi connectivity index (χ4v) is 2.66. The molecule has 23 heavy (non-hydrogen) atoms. The minimum Gasteiger partial charge on any atom is -0.481 e. The number of anilines is 1. The van der Waals surface area contributed by atoms with E-state index in [1.54, 1.807) is 6.92 Å². The molecule has 2 aromatic carbocycles. The number of para-hydroxylation sites is 1. The quantitative estimate of drug-likeness (QED) is 0.772. The van der Waals surface area contributed by atoms with Gasteiger partial charge in [0.1, 0.15) is 5.75 Å². The summed E-state index contributed by atoms with van der Waals surface area (Å²) in [6.45, 7) is 5.94. The molecule has 0 bridgehead atoms. The standard InChI is InChI=1S/C19H22BrNO2/c1-4-14-7-6-8-15(5-2)18(14)21-19(22)13(3)23-17-11-9-16(20)10-12-17/h6-13H,4-5H2,1-3H3,(H,21,22). The van der Waals surface area contributed by atoms with Crippen molar-refractivity contribution in [3.05, 3.63) is 58.1 Å². The lowest BCUT2D eigenvalue weighted by molar-refractivity contribution is -0.122. The highest BCUT2D eigenvalue weighted by atomic mass is 79.9. The number of halogens is 1. The molecule has 1 amide bonds. The molecule has 0 fully saturated rings. The van der Waals surface area contributed by atoms with Crippen LogP contribution in [-0.4, -0.2) is 12.0 Å². The number of aryl methyl sites for hydroxylation is 2. The van der Waals surface area contributed by atoms with E-state index in [1.807, 2.05) is 30.3 Å². The molecule has 0 saturated carbocycles. The highest BCUT2D eigenvalue weighted by molar-refractivity contribution is 9.10. The number of hydrogen-bond donors (Lipinski definition) is 1. The van der Waals surface area contributed by atoms with E-state index < -0.39 is 6.10 Å². The average molecular weight is 376 g/mol. The summed E-state index contributed by atoms with van der Waals surface area (Å²) in [7, 11) is 0. The number of rotatable bonds is 6. The number of benzene rings is 2. The molecule has 0 saturated heterocycles. The lowest BCUT2D eigenvalue weighted by Crippen LogP contribution is -2.30. The maximum atomic E-state index is 12.5. The molecule has 3 nitrogen and oxygen atoms in total. The molecule has 0 aliphatic carbocycles. The predicted molar refractivity (Wildman–Crippen MR) is 98.1 cm³/mol. The second-order valence-electron chi connectivity index (χ2n) is 5.36. The van der Waals surface area contributed by atoms with E-state index in [1.165, 1.54) is 0 Å². The maximum Gasteiger partial charge on any atom is 0.265 e. The van der Waals surface area contributed by atoms with Gasteiger partial charge in [-0.1, -0.05) is 48.0 Å². The zero-order chi connectivity index (χ0) is 16.8. The van der Waals surface area contributed by atoms with Crippen LogP contribution in [0.2, 0.25) is 0 Å². The summed E-state index contributed by atoms with van der Waals surface area (Å²) in [4.78, 5) is 12.5. The fourth-order valence-electron chi connectivity index (χ4n) is 2.40. The van der Waals surface area contributed by atoms with Gasteiger partial charge in [0.05, 0.1) is 0 Å². The Morgan fingerprint density at radius 1 is 1.09 bits per heavy atom. The minimum atomic E-state index is -0.564. The van der Waals surface area contributed by atoms with Crippen molar-refractivity contribution in [1.29, 1.82) is 0 Å². The molecular formula is C19H22BrNO2. The van der Waals surface area contributed by atoms with Gasteiger partial charge in [-0.25, -0.2) is 0 Å². The van der Waals surface area contributed by atoms with Gasteiger partial charge in [-0.3, -0.25) is 4.79 Å². The molecule has 2 aromatic rings. The Bertz CT molecular complexity index is 645. The zero-order valence-electron chi connectivity index (χ0n) is 13.7. The zero-order valence-corrected chi connectivity index (χ0v) is 15.3. The molecule has 0 aliphatic rings. The first-order valence-corrected chi connectivity index (χ1v) is 8.68. The normalized spacial score (nSPS) is 11.8. The van der Waals surface area contributed by atoms with Crippen LogP contribution >= 0.6 is 15.9 Å². The Balaban J connectivity index is 2.10. The molecule has 1 unspecified atom stereocenters. The number of amides is 1. The smallest absolute Gasteiger partial charge is 0.265 e. The average Bonchev–Trinajstić information content (AvgIpc) is 2.56. The monoisotopic (exact) mass is 375 g/mol. The third-order valence-electron chi connectivity index (χ3n) is 3.74. The van der Waals surface area contributed by atoms with Crippen LogP contribution in [0.1, 0.15) is 31.9 Å². The molecule has 122 valence electrons. The minimum absolute atomic E-state index is 0.136. The van der Waals surface area contributed by atoms with Crippen molar-refractivity contribution in [2.45, 2.75) is 39.7 Å². The van der Waals surface area contributed by atoms with E-state index >= 15 is 0 Å². The van der Waals surface area contributed by atoms with E-state index in [4.69, 9.17) is 4.74 Å². The third kappa shape index (κ3) is 4.58. The first-order valence-electron chi connectivity index (χ1n) is 7.89. The van der Waals surface area contributed by atoms with Gasteiger partial charge in [0.2, 0.25) is 0 Å². The largest absolute Gasteiger partial charge is 0.481 e. The van der Waals surface area contributed by atoms with Gasteiger partial charge in [0.15, 0.2) is 6.10 Å². The summed E-state index contributed by atoms with van der Waals surface area (Å²) in [5, 5.41) is 3.04. The van der Waals surface area contributed by atoms with Gasteiger partial charge in [-0.05, 0) is 55.2 Å². The summed E-state index contributed by atoms with van der Waals surface area (Å²) in [5.74, 6) is 0.541. The van der Waals surface area contributed by atoms with Crippen LogP contribution < -0.4 is 10.1 Å². The molecule has 0 heterocycles. The van der Waals surface area contributed by atoms with Gasteiger partial charge in [-0.15, -0.1) is 0 Å². The Labute approximate surface area is 146 Å². The highest BCUT2D eigenvalue weighted by Gasteiger charge is 2.17. The topological polar surface area (TPSA) is 38.3 Å². The van der Waals surface area contributed by atoms with Crippen molar-refractivity contribution in [3.63, 3.8) is 0 Å². The van der Waals surface area contributed by atoms with Crippen LogP contribution in [-0.2, 0) is 17.6 Å². The number of carbonyl (C=O) groups is 1. The van der Waals surface area contributed by atoms with Crippen LogP contribution in [0, 0.1) is 0 Å². The van der Waals surface area contributed by atoms with Crippen LogP contribution in [0.5, 0.6) is 5.75 Å². The van der Waals surface area contributed by atoms with Crippen LogP contribution in [0.4, 0.5) is 5.69 Å². The van der Waals surface area contributed by atoms with Crippen molar-refractivity contribution >= 4 is 27.5 Å². The summed E-state index contributed by atoms with van der Waals surface area (Å²) >= 11 is 3.38. The van der Waals surface area contributed by atoms with E-state index in [2.05, 4.69) is 47.2 Å². The van der Waals surface area contributed by atoms with Crippen LogP contribution in [0.3, 0.4) is 0 Å². The lowest BCUT2D eigenvalue weighted by atomic mass is 10.0. The Hall–Kier alpha value is -1.81. The second kappa shape index (κ2) is 8.16. The summed E-state index contributed by atoms with van der Waals surface area (Å²) in [6.07, 6.45) is 1.20. The van der Waals surface area contributed by atoms with E-state index in [0.717, 1.165) is 34.1 Å². The van der Waals surface area contributed by atoms with Gasteiger partial charge in [0.25, 0.3) is 5.91 Å². The van der Waals surface area contributed by atoms with Crippen molar-refractivity contribution < 1.29 is 9.53 Å². The Kier molecular flexibility index (Phi) is 6.22. The lowest BCUT2D eigenvalue weighted by Gasteiger charge is -2.18. The maximum absolute atomic E-state index is 12.5. The molecule has 4 heteroatoms. The van der Waals surface area contributed by atoms with E-state index in [-0.39, 0.29) is 5.91 Å². The van der Waals surface area contributed by atoms with Crippen molar-refractivity contribution in [2.24, 2.45) is 0 Å². The SMILES string of the molecule is CCc1cccc(CC)c1NC(=O)C(C)Oc1ccc(Br)cc1. The van der Waals surface area contributed by atoms with Gasteiger partial charge in [-0.2, -0.15) is 0 Å². The van der Waals surface area contributed by atoms with Crippen LogP contribution in [0.15, 0.2) is 46.9 Å². The molecule has 0 radical (unpaired) electrons. The predicted octanol–water partition coefficient (Wildman–Crippen LogP) is 4.98. The van der Waals surface area contributed by atoms with Crippen molar-refractivity contribution in [1.82, 2.24) is 0 Å². The molecular weight excluding hydrogens is 354 g/mol. The van der Waals surface area contributed by atoms with Gasteiger partial charge in [0, 0.05) is 10.2 Å². The first kappa shape index (κ1) is 17.5. The Morgan fingerprint density at radius 3 is 2.17 bits per heavy atom. The fraction of sp³-hybridized carbons (Fsp3) is 0.316. The van der Waals surface area contributed by atoms with Crippen LogP contribution in [0.25, 0.3) is 0 Å². The van der Waals surface area contributed by atoms with Gasteiger partial charge >= 0.3 is 0 Å². The number of ether oxygens (including phenoxy) is 1. The molecule has 1 N–H and O–H groups in total.